The molecular weight excluding hydrogens is 649 g/mol. The molecule has 9 nitrogen and oxygen atoms in total. The number of H-pyrrole nitrogens is 1. The lowest BCUT2D eigenvalue weighted by Gasteiger charge is -2.20. The van der Waals surface area contributed by atoms with Crippen molar-refractivity contribution in [2.24, 2.45) is 0 Å². The fraction of sp³-hybridized carbons (Fsp3) is 0.0250. The van der Waals surface area contributed by atoms with Gasteiger partial charge in [0.1, 0.15) is 5.70 Å². The largest absolute Gasteiger partial charge is 0.361 e. The smallest absolute Gasteiger partial charge is 0.272 e. The molecule has 1 heterocycles. The Bertz CT molecular complexity index is 2360. The molecule has 5 aromatic carbocycles. The molecule has 7 rings (SSSR count). The Labute approximate surface area is 290 Å². The van der Waals surface area contributed by atoms with Crippen molar-refractivity contribution in [1.29, 1.82) is 0 Å². The molecule has 0 radical (unpaired) electrons. The predicted octanol–water partition coefficient (Wildman–Crippen LogP) is 7.08. The first kappa shape index (κ1) is 32.0. The third-order valence-electron chi connectivity index (χ3n) is 8.14. The van der Waals surface area contributed by atoms with Crippen LogP contribution < -0.4 is 16.0 Å². The van der Waals surface area contributed by atoms with Crippen molar-refractivity contribution in [3.05, 3.63) is 167 Å². The molecule has 4 N–H and O–H groups in total. The van der Waals surface area contributed by atoms with E-state index in [1.165, 1.54) is 11.8 Å². The number of anilines is 2. The van der Waals surface area contributed by atoms with E-state index in [-0.39, 0.29) is 45.7 Å². The molecular formula is C40H28N4O5S. The first-order chi connectivity index (χ1) is 24.4. The minimum absolute atomic E-state index is 0.00135. The number of carbonyl (C=O) groups excluding carboxylic acids is 5. The maximum Gasteiger partial charge on any atom is 0.272 e. The van der Waals surface area contributed by atoms with Gasteiger partial charge in [0, 0.05) is 55.5 Å². The number of amides is 3. The van der Waals surface area contributed by atoms with E-state index in [2.05, 4.69) is 20.9 Å². The van der Waals surface area contributed by atoms with Gasteiger partial charge in [-0.3, -0.25) is 24.0 Å². The summed E-state index contributed by atoms with van der Waals surface area (Å²) in [5.74, 6) is -1.92. The van der Waals surface area contributed by atoms with Crippen molar-refractivity contribution >= 4 is 69.4 Å². The monoisotopic (exact) mass is 676 g/mol. The van der Waals surface area contributed by atoms with Crippen LogP contribution in [0, 0.1) is 0 Å². The summed E-state index contributed by atoms with van der Waals surface area (Å²) in [4.78, 5) is 70.1. The van der Waals surface area contributed by atoms with E-state index in [4.69, 9.17) is 0 Å². The molecule has 0 saturated carbocycles. The number of fused-ring (bicyclic) bond motifs is 3. The third kappa shape index (κ3) is 6.60. The van der Waals surface area contributed by atoms with Crippen LogP contribution in [-0.2, 0) is 9.59 Å². The van der Waals surface area contributed by atoms with Crippen LogP contribution in [0.3, 0.4) is 0 Å². The molecule has 0 unspecified atom stereocenters. The van der Waals surface area contributed by atoms with E-state index in [1.54, 1.807) is 109 Å². The highest BCUT2D eigenvalue weighted by Gasteiger charge is 2.31. The topological polar surface area (TPSA) is 137 Å². The van der Waals surface area contributed by atoms with E-state index < -0.39 is 11.8 Å². The van der Waals surface area contributed by atoms with Gasteiger partial charge < -0.3 is 20.9 Å². The molecule has 0 aliphatic heterocycles. The zero-order valence-corrected chi connectivity index (χ0v) is 27.2. The van der Waals surface area contributed by atoms with Crippen molar-refractivity contribution in [2.45, 2.75) is 4.90 Å². The molecule has 0 bridgehead atoms. The van der Waals surface area contributed by atoms with Gasteiger partial charge in [0.15, 0.2) is 11.6 Å². The van der Waals surface area contributed by atoms with Gasteiger partial charge in [-0.05, 0) is 48.5 Å². The highest BCUT2D eigenvalue weighted by atomic mass is 32.2. The zero-order chi connectivity index (χ0) is 34.6. The summed E-state index contributed by atoms with van der Waals surface area (Å²) in [6.07, 6.45) is 3.39. The van der Waals surface area contributed by atoms with Crippen LogP contribution in [0.5, 0.6) is 0 Å². The molecule has 0 atom stereocenters. The van der Waals surface area contributed by atoms with Gasteiger partial charge in [0.25, 0.3) is 11.8 Å². The molecule has 0 spiro atoms. The minimum Gasteiger partial charge on any atom is -0.361 e. The number of ketones is 2. The summed E-state index contributed by atoms with van der Waals surface area (Å²) in [6.45, 7) is 0. The molecule has 6 aromatic rings. The Morgan fingerprint density at radius 1 is 0.700 bits per heavy atom. The van der Waals surface area contributed by atoms with Gasteiger partial charge in [-0.1, -0.05) is 78.9 Å². The fourth-order valence-corrected chi connectivity index (χ4v) is 6.51. The van der Waals surface area contributed by atoms with Crippen LogP contribution in [-0.4, -0.2) is 40.0 Å². The molecule has 1 aromatic heterocycles. The number of thioether (sulfide) groups is 1. The highest BCUT2D eigenvalue weighted by Crippen LogP contribution is 2.32. The number of rotatable bonds is 9. The van der Waals surface area contributed by atoms with Crippen molar-refractivity contribution in [1.82, 2.24) is 10.3 Å². The second-order valence-electron chi connectivity index (χ2n) is 11.4. The molecule has 1 aliphatic carbocycles. The van der Waals surface area contributed by atoms with Crippen molar-refractivity contribution in [3.63, 3.8) is 0 Å². The maximum atomic E-state index is 13.6. The van der Waals surface area contributed by atoms with Gasteiger partial charge in [-0.25, -0.2) is 0 Å². The number of hydrogen-bond donors (Lipinski definition) is 4. The van der Waals surface area contributed by atoms with Gasteiger partial charge in [0.05, 0.1) is 17.0 Å². The molecule has 0 fully saturated rings. The van der Waals surface area contributed by atoms with Gasteiger partial charge in [0.2, 0.25) is 5.91 Å². The summed E-state index contributed by atoms with van der Waals surface area (Å²) in [5, 5.41) is 9.31. The number of nitrogens with one attached hydrogen (secondary N) is 4. The quantitative estimate of drug-likeness (QED) is 0.0953. The summed E-state index contributed by atoms with van der Waals surface area (Å²) in [5.41, 5.74) is 3.86. The summed E-state index contributed by atoms with van der Waals surface area (Å²) in [7, 11) is 0. The first-order valence-electron chi connectivity index (χ1n) is 15.7. The number of carbonyl (C=O) groups is 5. The Morgan fingerprint density at radius 3 is 2.22 bits per heavy atom. The van der Waals surface area contributed by atoms with E-state index in [1.807, 2.05) is 24.3 Å². The average molecular weight is 677 g/mol. The lowest BCUT2D eigenvalue weighted by molar-refractivity contribution is -0.114. The van der Waals surface area contributed by atoms with E-state index >= 15 is 0 Å². The number of aromatic nitrogens is 1. The van der Waals surface area contributed by atoms with E-state index in [9.17, 15) is 24.0 Å². The van der Waals surface area contributed by atoms with Gasteiger partial charge in [-0.2, -0.15) is 0 Å². The number of aromatic amines is 1. The van der Waals surface area contributed by atoms with Gasteiger partial charge in [-0.15, -0.1) is 11.8 Å². The molecule has 50 heavy (non-hydrogen) atoms. The molecule has 3 amide bonds. The lowest BCUT2D eigenvalue weighted by atomic mass is 9.83. The van der Waals surface area contributed by atoms with Crippen LogP contribution in [0.1, 0.15) is 47.8 Å². The van der Waals surface area contributed by atoms with Gasteiger partial charge >= 0.3 is 0 Å². The van der Waals surface area contributed by atoms with E-state index in [0.29, 0.717) is 27.3 Å². The van der Waals surface area contributed by atoms with Crippen molar-refractivity contribution in [2.75, 3.05) is 16.4 Å². The van der Waals surface area contributed by atoms with Crippen LogP contribution >= 0.6 is 11.8 Å². The Balaban J connectivity index is 1.05. The second kappa shape index (κ2) is 13.9. The average Bonchev–Trinajstić information content (AvgIpc) is 3.55. The fourth-order valence-electron chi connectivity index (χ4n) is 5.76. The molecule has 1 aliphatic rings. The highest BCUT2D eigenvalue weighted by molar-refractivity contribution is 8.00. The SMILES string of the molecule is O=C(CSc1cccc(NC(=O)/C(=C\c2c[nH]c3ccccc23)NC(=O)c2ccccc2)c1)Nc1cccc2c1C(=O)c1ccccc1C2=O. The second-order valence-corrected chi connectivity index (χ2v) is 12.5. The third-order valence-corrected chi connectivity index (χ3v) is 9.13. The maximum absolute atomic E-state index is 13.6. The summed E-state index contributed by atoms with van der Waals surface area (Å²) < 4.78 is 0. The van der Waals surface area contributed by atoms with Crippen LogP contribution in [0.25, 0.3) is 17.0 Å². The first-order valence-corrected chi connectivity index (χ1v) is 16.6. The Hall–Kier alpha value is -6.52. The van der Waals surface area contributed by atoms with Crippen molar-refractivity contribution < 1.29 is 24.0 Å². The summed E-state index contributed by atoms with van der Waals surface area (Å²) >= 11 is 1.23. The number of para-hydroxylation sites is 1. The Morgan fingerprint density at radius 2 is 1.40 bits per heavy atom. The number of hydrogen-bond acceptors (Lipinski definition) is 6. The van der Waals surface area contributed by atoms with Crippen molar-refractivity contribution in [3.8, 4) is 0 Å². The minimum atomic E-state index is -0.533. The van der Waals surface area contributed by atoms with Crippen LogP contribution in [0.4, 0.5) is 11.4 Å². The standard InChI is InChI=1S/C40H28N4O5S/c45-35(43-33-19-9-17-31-36(33)38(47)30-16-5-4-15-29(30)37(31)46)23-50-27-13-8-12-26(21-27)42-40(49)34(44-39(48)24-10-2-1-3-11-24)20-25-22-41-32-18-7-6-14-28(25)32/h1-22,41H,23H2,(H,42,49)(H,43,45)(H,44,48)/b34-20+. The lowest BCUT2D eigenvalue weighted by Crippen LogP contribution is -2.30. The predicted molar refractivity (Wildman–Crippen MR) is 194 cm³/mol. The van der Waals surface area contributed by atoms with Crippen LogP contribution in [0.2, 0.25) is 0 Å². The molecule has 0 saturated heterocycles. The zero-order valence-electron chi connectivity index (χ0n) is 26.4. The normalized spacial score (nSPS) is 12.2. The Kier molecular flexibility index (Phi) is 8.92. The summed E-state index contributed by atoms with van der Waals surface area (Å²) in [6, 6.07) is 34.7. The molecule has 10 heteroatoms. The van der Waals surface area contributed by atoms with Crippen LogP contribution in [0.15, 0.2) is 138 Å². The van der Waals surface area contributed by atoms with E-state index in [0.717, 1.165) is 16.5 Å². The number of benzene rings is 5. The molecule has 244 valence electrons.